The van der Waals surface area contributed by atoms with Crippen molar-refractivity contribution < 1.29 is 24.4 Å². The first-order valence-electron chi connectivity index (χ1n) is 6.48. The number of aliphatic carboxylic acids is 1. The van der Waals surface area contributed by atoms with Crippen molar-refractivity contribution in [3.05, 3.63) is 39.9 Å². The third kappa shape index (κ3) is 4.52. The number of carboxylic acids is 1. The van der Waals surface area contributed by atoms with Gasteiger partial charge >= 0.3 is 11.9 Å². The normalized spacial score (nSPS) is 14.0. The number of carbonyl (C=O) groups excluding carboxylic acids is 1. The van der Waals surface area contributed by atoms with Gasteiger partial charge in [0.2, 0.25) is 0 Å². The van der Waals surface area contributed by atoms with Crippen molar-refractivity contribution >= 4 is 17.6 Å². The van der Waals surface area contributed by atoms with E-state index in [0.717, 1.165) is 0 Å². The molecule has 1 unspecified atom stereocenters. The van der Waals surface area contributed by atoms with Gasteiger partial charge < -0.3 is 15.6 Å². The molecule has 0 fully saturated rings. The molecule has 0 saturated carbocycles. The Morgan fingerprint density at radius 2 is 1.77 bits per heavy atom. The van der Waals surface area contributed by atoms with Gasteiger partial charge in [0.15, 0.2) is 5.92 Å². The second-order valence-electron chi connectivity index (χ2n) is 5.72. The average molecular weight is 310 g/mol. The Balaban J connectivity index is 3.03. The van der Waals surface area contributed by atoms with Crippen LogP contribution in [0.25, 0.3) is 0 Å². The SMILES string of the molecule is CC(C)(C)OC(=O)[C@@H](C(=O)O)C(N)c1ccc([N+](=O)[O-])cc1. The molecule has 3 N–H and O–H groups in total. The van der Waals surface area contributed by atoms with Gasteiger partial charge in [0.25, 0.3) is 5.69 Å². The summed E-state index contributed by atoms with van der Waals surface area (Å²) in [5.74, 6) is -3.97. The number of hydrogen-bond acceptors (Lipinski definition) is 6. The predicted octanol–water partition coefficient (Wildman–Crippen LogP) is 1.64. The first-order chi connectivity index (χ1) is 10.0. The average Bonchev–Trinajstić information content (AvgIpc) is 2.36. The highest BCUT2D eigenvalue weighted by atomic mass is 16.6. The summed E-state index contributed by atoms with van der Waals surface area (Å²) >= 11 is 0. The number of hydrogen-bond donors (Lipinski definition) is 2. The summed E-state index contributed by atoms with van der Waals surface area (Å²) in [6.45, 7) is 4.84. The summed E-state index contributed by atoms with van der Waals surface area (Å²) in [5.41, 5.74) is 5.13. The number of non-ortho nitro benzene ring substituents is 1. The highest BCUT2D eigenvalue weighted by Gasteiger charge is 2.37. The monoisotopic (exact) mass is 310 g/mol. The zero-order valence-corrected chi connectivity index (χ0v) is 12.5. The minimum atomic E-state index is -1.60. The van der Waals surface area contributed by atoms with E-state index in [-0.39, 0.29) is 5.69 Å². The number of carboxylic acid groups (broad SMARTS) is 1. The van der Waals surface area contributed by atoms with Crippen LogP contribution in [0, 0.1) is 16.0 Å². The van der Waals surface area contributed by atoms with Crippen molar-refractivity contribution in [3.63, 3.8) is 0 Å². The molecule has 0 aliphatic carbocycles. The maximum Gasteiger partial charge on any atom is 0.322 e. The molecule has 1 aromatic rings. The van der Waals surface area contributed by atoms with Gasteiger partial charge in [-0.2, -0.15) is 0 Å². The lowest BCUT2D eigenvalue weighted by Crippen LogP contribution is -2.39. The molecule has 0 aliphatic heterocycles. The molecular formula is C14H18N2O6. The fourth-order valence-electron chi connectivity index (χ4n) is 1.78. The smallest absolute Gasteiger partial charge is 0.322 e. The predicted molar refractivity (Wildman–Crippen MR) is 77.0 cm³/mol. The molecule has 120 valence electrons. The Morgan fingerprint density at radius 3 is 2.14 bits per heavy atom. The molecule has 0 bridgehead atoms. The number of esters is 1. The molecule has 22 heavy (non-hydrogen) atoms. The van der Waals surface area contributed by atoms with E-state index in [9.17, 15) is 24.8 Å². The Bertz CT molecular complexity index is 576. The first-order valence-corrected chi connectivity index (χ1v) is 6.48. The lowest BCUT2D eigenvalue weighted by Gasteiger charge is -2.25. The largest absolute Gasteiger partial charge is 0.481 e. The number of nitrogens with two attached hydrogens (primary N) is 1. The molecule has 0 heterocycles. The summed E-state index contributed by atoms with van der Waals surface area (Å²) in [4.78, 5) is 33.3. The van der Waals surface area contributed by atoms with Crippen LogP contribution in [-0.4, -0.2) is 27.6 Å². The van der Waals surface area contributed by atoms with Crippen molar-refractivity contribution in [3.8, 4) is 0 Å². The zero-order valence-electron chi connectivity index (χ0n) is 12.5. The Labute approximate surface area is 127 Å². The van der Waals surface area contributed by atoms with E-state index in [2.05, 4.69) is 0 Å². The number of nitro groups is 1. The van der Waals surface area contributed by atoms with Gasteiger partial charge in [0, 0.05) is 12.1 Å². The summed E-state index contributed by atoms with van der Waals surface area (Å²) in [5, 5.41) is 19.8. The molecule has 1 rings (SSSR count). The van der Waals surface area contributed by atoms with Gasteiger partial charge in [0.05, 0.1) is 11.0 Å². The first kappa shape index (κ1) is 17.6. The Hall–Kier alpha value is -2.48. The molecule has 1 aromatic carbocycles. The fourth-order valence-corrected chi connectivity index (χ4v) is 1.78. The van der Waals surface area contributed by atoms with Crippen LogP contribution < -0.4 is 5.73 Å². The second-order valence-corrected chi connectivity index (χ2v) is 5.72. The van der Waals surface area contributed by atoms with Crippen LogP contribution in [0.1, 0.15) is 32.4 Å². The molecule has 0 radical (unpaired) electrons. The number of rotatable bonds is 5. The molecule has 8 heteroatoms. The fraction of sp³-hybridized carbons (Fsp3) is 0.429. The van der Waals surface area contributed by atoms with Crippen LogP contribution >= 0.6 is 0 Å². The van der Waals surface area contributed by atoms with Crippen molar-refractivity contribution in [1.82, 2.24) is 0 Å². The molecular weight excluding hydrogens is 292 g/mol. The van der Waals surface area contributed by atoms with Crippen molar-refractivity contribution in [2.24, 2.45) is 11.7 Å². The summed E-state index contributed by atoms with van der Waals surface area (Å²) in [6, 6.07) is 3.87. The Morgan fingerprint density at radius 1 is 1.27 bits per heavy atom. The molecule has 2 atom stereocenters. The topological polar surface area (TPSA) is 133 Å². The number of carbonyl (C=O) groups is 2. The summed E-state index contributed by atoms with van der Waals surface area (Å²) < 4.78 is 5.06. The van der Waals surface area contributed by atoms with Gasteiger partial charge in [-0.15, -0.1) is 0 Å². The minimum Gasteiger partial charge on any atom is -0.481 e. The van der Waals surface area contributed by atoms with Crippen molar-refractivity contribution in [2.75, 3.05) is 0 Å². The lowest BCUT2D eigenvalue weighted by molar-refractivity contribution is -0.384. The molecule has 0 aliphatic rings. The minimum absolute atomic E-state index is 0.153. The van der Waals surface area contributed by atoms with Gasteiger partial charge in [-0.05, 0) is 26.3 Å². The van der Waals surface area contributed by atoms with E-state index in [4.69, 9.17) is 10.5 Å². The van der Waals surface area contributed by atoms with Gasteiger partial charge in [-0.1, -0.05) is 12.1 Å². The quantitative estimate of drug-likeness (QED) is 0.365. The van der Waals surface area contributed by atoms with Crippen molar-refractivity contribution in [1.29, 1.82) is 0 Å². The zero-order chi connectivity index (χ0) is 17.1. The molecule has 0 spiro atoms. The van der Waals surface area contributed by atoms with Crippen LogP contribution in [0.2, 0.25) is 0 Å². The van der Waals surface area contributed by atoms with E-state index in [1.807, 2.05) is 0 Å². The van der Waals surface area contributed by atoms with Crippen LogP contribution in [-0.2, 0) is 14.3 Å². The lowest BCUT2D eigenvalue weighted by atomic mass is 9.93. The number of benzene rings is 1. The third-order valence-corrected chi connectivity index (χ3v) is 2.77. The molecule has 8 nitrogen and oxygen atoms in total. The summed E-state index contributed by atoms with van der Waals surface area (Å²) in [6.07, 6.45) is 0. The molecule has 0 amide bonds. The number of ether oxygens (including phenoxy) is 1. The second kappa shape index (κ2) is 6.52. The molecule has 0 saturated heterocycles. The van der Waals surface area contributed by atoms with E-state index < -0.39 is 34.4 Å². The Kier molecular flexibility index (Phi) is 5.21. The standard InChI is InChI=1S/C14H18N2O6/c1-14(2,3)22-13(19)10(12(17)18)11(15)8-4-6-9(7-5-8)16(20)21/h4-7,10-11H,15H2,1-3H3,(H,17,18)/t10-,11?/m1/s1. The van der Waals surface area contributed by atoms with Crippen molar-refractivity contribution in [2.45, 2.75) is 32.4 Å². The highest BCUT2D eigenvalue weighted by Crippen LogP contribution is 2.25. The summed E-state index contributed by atoms with van der Waals surface area (Å²) in [7, 11) is 0. The maximum atomic E-state index is 12.0. The van der Waals surface area contributed by atoms with Crippen LogP contribution in [0.4, 0.5) is 5.69 Å². The number of nitro benzene ring substituents is 1. The molecule has 0 aromatic heterocycles. The van der Waals surface area contributed by atoms with E-state index in [0.29, 0.717) is 5.56 Å². The van der Waals surface area contributed by atoms with Gasteiger partial charge in [-0.3, -0.25) is 19.7 Å². The third-order valence-electron chi connectivity index (χ3n) is 2.77. The van der Waals surface area contributed by atoms with E-state index in [1.54, 1.807) is 20.8 Å². The highest BCUT2D eigenvalue weighted by molar-refractivity contribution is 5.95. The van der Waals surface area contributed by atoms with Crippen LogP contribution in [0.5, 0.6) is 0 Å². The van der Waals surface area contributed by atoms with E-state index >= 15 is 0 Å². The van der Waals surface area contributed by atoms with Crippen LogP contribution in [0.15, 0.2) is 24.3 Å². The van der Waals surface area contributed by atoms with Crippen LogP contribution in [0.3, 0.4) is 0 Å². The number of nitrogens with zero attached hydrogens (tertiary/aromatic N) is 1. The maximum absolute atomic E-state index is 12.0. The van der Waals surface area contributed by atoms with E-state index in [1.165, 1.54) is 24.3 Å². The van der Waals surface area contributed by atoms with Gasteiger partial charge in [-0.25, -0.2) is 0 Å². The van der Waals surface area contributed by atoms with Gasteiger partial charge in [0.1, 0.15) is 5.60 Å².